The fourth-order valence-corrected chi connectivity index (χ4v) is 2.16. The lowest BCUT2D eigenvalue weighted by molar-refractivity contribution is 0.0826. The lowest BCUT2D eigenvalue weighted by Crippen LogP contribution is -2.23. The molecule has 1 aromatic rings. The highest BCUT2D eigenvalue weighted by Crippen LogP contribution is 2.28. The van der Waals surface area contributed by atoms with Gasteiger partial charge in [-0.3, -0.25) is 4.79 Å². The molecular formula is C15H19NO. The third-order valence-corrected chi connectivity index (χ3v) is 3.23. The van der Waals surface area contributed by atoms with Gasteiger partial charge in [0.1, 0.15) is 0 Å². The first kappa shape index (κ1) is 11.9. The number of allylic oxidation sites excluding steroid dienone is 1. The Hall–Kier alpha value is -1.57. The van der Waals surface area contributed by atoms with Gasteiger partial charge in [-0.25, -0.2) is 0 Å². The summed E-state index contributed by atoms with van der Waals surface area (Å²) in [5.41, 5.74) is 4.48. The molecule has 1 aliphatic carbocycles. The molecule has 0 unspecified atom stereocenters. The molecule has 0 aliphatic heterocycles. The van der Waals surface area contributed by atoms with Gasteiger partial charge in [0, 0.05) is 19.7 Å². The van der Waals surface area contributed by atoms with Crippen molar-refractivity contribution in [3.63, 3.8) is 0 Å². The molecule has 90 valence electrons. The summed E-state index contributed by atoms with van der Waals surface area (Å²) in [5, 5.41) is 0. The van der Waals surface area contributed by atoms with Crippen LogP contribution in [0, 0.1) is 0 Å². The Morgan fingerprint density at radius 1 is 1.29 bits per heavy atom. The highest BCUT2D eigenvalue weighted by atomic mass is 16.2. The van der Waals surface area contributed by atoms with Crippen molar-refractivity contribution < 1.29 is 4.79 Å². The van der Waals surface area contributed by atoms with Crippen molar-refractivity contribution >= 4 is 12.0 Å². The van der Waals surface area contributed by atoms with Gasteiger partial charge < -0.3 is 4.90 Å². The van der Waals surface area contributed by atoms with Crippen LogP contribution in [0.25, 0.3) is 6.08 Å². The second kappa shape index (κ2) is 4.36. The summed E-state index contributed by atoms with van der Waals surface area (Å²) < 4.78 is 0. The summed E-state index contributed by atoms with van der Waals surface area (Å²) in [6.45, 7) is 4.31. The van der Waals surface area contributed by atoms with E-state index in [9.17, 15) is 4.79 Å². The molecule has 1 aliphatic rings. The van der Waals surface area contributed by atoms with Crippen LogP contribution >= 0.6 is 0 Å². The maximum absolute atomic E-state index is 12.2. The number of carbonyl (C=O) groups excluding carboxylic acids is 1. The van der Waals surface area contributed by atoms with Crippen LogP contribution in [0.4, 0.5) is 0 Å². The number of fused-ring (bicyclic) bond motifs is 1. The maximum atomic E-state index is 12.2. The predicted molar refractivity (Wildman–Crippen MR) is 71.3 cm³/mol. The zero-order valence-corrected chi connectivity index (χ0v) is 10.9. The van der Waals surface area contributed by atoms with Crippen molar-refractivity contribution in [2.45, 2.75) is 26.2 Å². The van der Waals surface area contributed by atoms with Gasteiger partial charge in [-0.15, -0.1) is 0 Å². The molecule has 0 spiro atoms. The van der Waals surface area contributed by atoms with Crippen molar-refractivity contribution in [1.82, 2.24) is 4.90 Å². The first-order chi connectivity index (χ1) is 8.00. The third-order valence-electron chi connectivity index (χ3n) is 3.23. The Balaban J connectivity index is 2.55. The van der Waals surface area contributed by atoms with Crippen LogP contribution in [0.5, 0.6) is 0 Å². The molecule has 1 aromatic carbocycles. The largest absolute Gasteiger partial charge is 0.345 e. The summed E-state index contributed by atoms with van der Waals surface area (Å²) >= 11 is 0. The summed E-state index contributed by atoms with van der Waals surface area (Å²) in [6.07, 6.45) is 5.12. The van der Waals surface area contributed by atoms with E-state index in [0.29, 0.717) is 5.92 Å². The highest BCUT2D eigenvalue weighted by Gasteiger charge is 2.19. The molecule has 0 aromatic heterocycles. The van der Waals surface area contributed by atoms with Gasteiger partial charge in [-0.05, 0) is 35.1 Å². The van der Waals surface area contributed by atoms with Crippen molar-refractivity contribution in [2.75, 3.05) is 14.1 Å². The molecule has 0 atom stereocenters. The molecule has 0 saturated heterocycles. The smallest absolute Gasteiger partial charge is 0.253 e. The average Bonchev–Trinajstić information content (AvgIpc) is 2.74. The zero-order chi connectivity index (χ0) is 12.6. The quantitative estimate of drug-likeness (QED) is 0.763. The standard InChI is InChI=1S/C15H19NO/c1-10(2)12-8-11-6-5-7-13(11)14(9-12)15(17)16(3)4/h5-6,8-10H,7H2,1-4H3. The Morgan fingerprint density at radius 3 is 2.59 bits per heavy atom. The van der Waals surface area contributed by atoms with Gasteiger partial charge in [0.05, 0.1) is 0 Å². The Kier molecular flexibility index (Phi) is 3.05. The molecule has 2 heteroatoms. The van der Waals surface area contributed by atoms with Gasteiger partial charge in [0.25, 0.3) is 5.91 Å². The molecule has 1 amide bonds. The molecule has 0 bridgehead atoms. The van der Waals surface area contributed by atoms with Crippen LogP contribution < -0.4 is 0 Å². The van der Waals surface area contributed by atoms with Gasteiger partial charge >= 0.3 is 0 Å². The van der Waals surface area contributed by atoms with Gasteiger partial charge in [-0.1, -0.05) is 32.1 Å². The van der Waals surface area contributed by atoms with Crippen LogP contribution in [0.1, 0.15) is 46.8 Å². The van der Waals surface area contributed by atoms with E-state index >= 15 is 0 Å². The Labute approximate surface area is 103 Å². The van der Waals surface area contributed by atoms with Crippen molar-refractivity contribution in [3.8, 4) is 0 Å². The van der Waals surface area contributed by atoms with E-state index in [0.717, 1.165) is 12.0 Å². The topological polar surface area (TPSA) is 20.3 Å². The highest BCUT2D eigenvalue weighted by molar-refractivity contribution is 5.97. The third kappa shape index (κ3) is 2.12. The minimum Gasteiger partial charge on any atom is -0.345 e. The molecule has 0 saturated carbocycles. The Bertz CT molecular complexity index is 484. The van der Waals surface area contributed by atoms with Crippen LogP contribution in [-0.2, 0) is 6.42 Å². The first-order valence-electron chi connectivity index (χ1n) is 6.05. The van der Waals surface area contributed by atoms with Crippen molar-refractivity contribution in [3.05, 3.63) is 40.5 Å². The molecule has 0 fully saturated rings. The van der Waals surface area contributed by atoms with E-state index < -0.39 is 0 Å². The molecule has 0 N–H and O–H groups in total. The lowest BCUT2D eigenvalue weighted by Gasteiger charge is -2.16. The average molecular weight is 229 g/mol. The van der Waals surface area contributed by atoms with E-state index in [1.54, 1.807) is 19.0 Å². The van der Waals surface area contributed by atoms with E-state index in [1.807, 2.05) is 0 Å². The fraction of sp³-hybridized carbons (Fsp3) is 0.400. The molecule has 2 rings (SSSR count). The second-order valence-electron chi connectivity index (χ2n) is 5.10. The molecule has 0 radical (unpaired) electrons. The van der Waals surface area contributed by atoms with Gasteiger partial charge in [0.15, 0.2) is 0 Å². The van der Waals surface area contributed by atoms with E-state index in [1.165, 1.54) is 16.7 Å². The van der Waals surface area contributed by atoms with Crippen molar-refractivity contribution in [2.24, 2.45) is 0 Å². The summed E-state index contributed by atoms with van der Waals surface area (Å²) in [7, 11) is 3.61. The number of hydrogen-bond acceptors (Lipinski definition) is 1. The number of amides is 1. The zero-order valence-electron chi connectivity index (χ0n) is 10.9. The Morgan fingerprint density at radius 2 is 2.00 bits per heavy atom. The first-order valence-corrected chi connectivity index (χ1v) is 6.05. The summed E-state index contributed by atoms with van der Waals surface area (Å²) in [5.74, 6) is 0.551. The lowest BCUT2D eigenvalue weighted by atomic mass is 9.93. The normalized spacial score (nSPS) is 13.0. The maximum Gasteiger partial charge on any atom is 0.253 e. The molecule has 2 nitrogen and oxygen atoms in total. The second-order valence-corrected chi connectivity index (χ2v) is 5.10. The van der Waals surface area contributed by atoms with Crippen LogP contribution in [0.2, 0.25) is 0 Å². The van der Waals surface area contributed by atoms with Gasteiger partial charge in [0.2, 0.25) is 0 Å². The minimum absolute atomic E-state index is 0.104. The van der Waals surface area contributed by atoms with Crippen LogP contribution in [-0.4, -0.2) is 24.9 Å². The summed E-state index contributed by atoms with van der Waals surface area (Å²) in [6, 6.07) is 4.26. The van der Waals surface area contributed by atoms with Crippen LogP contribution in [0.3, 0.4) is 0 Å². The number of nitrogens with zero attached hydrogens (tertiary/aromatic N) is 1. The van der Waals surface area contributed by atoms with E-state index in [4.69, 9.17) is 0 Å². The summed E-state index contributed by atoms with van der Waals surface area (Å²) in [4.78, 5) is 13.8. The number of carbonyl (C=O) groups is 1. The number of hydrogen-bond donors (Lipinski definition) is 0. The van der Waals surface area contributed by atoms with E-state index in [-0.39, 0.29) is 5.91 Å². The molecular weight excluding hydrogens is 210 g/mol. The number of benzene rings is 1. The predicted octanol–water partition coefficient (Wildman–Crippen LogP) is 3.08. The minimum atomic E-state index is 0.104. The fourth-order valence-electron chi connectivity index (χ4n) is 2.16. The molecule has 17 heavy (non-hydrogen) atoms. The SMILES string of the molecule is CC(C)c1cc2c(c(C(=O)N(C)C)c1)CC=C2. The number of rotatable bonds is 2. The van der Waals surface area contributed by atoms with Crippen molar-refractivity contribution in [1.29, 1.82) is 0 Å². The molecule has 0 heterocycles. The monoisotopic (exact) mass is 229 g/mol. The van der Waals surface area contributed by atoms with E-state index in [2.05, 4.69) is 38.1 Å². The van der Waals surface area contributed by atoms with Gasteiger partial charge in [-0.2, -0.15) is 0 Å². The van der Waals surface area contributed by atoms with Crippen LogP contribution in [0.15, 0.2) is 18.2 Å².